The Hall–Kier alpha value is -0.300. The van der Waals surface area contributed by atoms with E-state index in [1.54, 1.807) is 0 Å². The predicted molar refractivity (Wildman–Crippen MR) is 86.9 cm³/mol. The molecule has 2 rings (SSSR count). The summed E-state index contributed by atoms with van der Waals surface area (Å²) in [5.41, 5.74) is 0. The molecule has 0 radical (unpaired) electrons. The van der Waals surface area contributed by atoms with E-state index in [0.29, 0.717) is 6.10 Å². The Bertz CT molecular complexity index is 267. The number of hydrogen-bond donors (Lipinski definition) is 0. The molecule has 0 aromatic carbocycles. The summed E-state index contributed by atoms with van der Waals surface area (Å²) in [5.74, 6) is 2.92. The summed E-state index contributed by atoms with van der Waals surface area (Å²) >= 11 is 0. The second-order valence-corrected chi connectivity index (χ2v) is 6.88. The lowest BCUT2D eigenvalue weighted by atomic mass is 9.70. The number of rotatable bonds is 6. The zero-order valence-corrected chi connectivity index (χ0v) is 13.7. The summed E-state index contributed by atoms with van der Waals surface area (Å²) in [6.07, 6.45) is 19.4. The first-order valence-corrected chi connectivity index (χ1v) is 9.11. The normalized spacial score (nSPS) is 35.5. The van der Waals surface area contributed by atoms with Crippen LogP contribution in [0.3, 0.4) is 0 Å². The number of allylic oxidation sites excluding steroid dienone is 2. The lowest BCUT2D eigenvalue weighted by Crippen LogP contribution is -2.28. The van der Waals surface area contributed by atoms with Crippen molar-refractivity contribution in [3.8, 4) is 0 Å². The molecular formula is C19H34O. The fraction of sp³-hybridized carbons (Fsp3) is 0.895. The van der Waals surface area contributed by atoms with Gasteiger partial charge in [-0.3, -0.25) is 0 Å². The molecule has 1 heteroatoms. The molecule has 2 saturated carbocycles. The minimum atomic E-state index is 0.574. The highest BCUT2D eigenvalue weighted by Crippen LogP contribution is 2.40. The highest BCUT2D eigenvalue weighted by atomic mass is 16.5. The van der Waals surface area contributed by atoms with E-state index < -0.39 is 0 Å². The average Bonchev–Trinajstić information content (AvgIpc) is 2.49. The predicted octanol–water partition coefficient (Wildman–Crippen LogP) is 5.74. The summed E-state index contributed by atoms with van der Waals surface area (Å²) in [5, 5.41) is 0. The quantitative estimate of drug-likeness (QED) is 0.562. The lowest BCUT2D eigenvalue weighted by Gasteiger charge is -2.37. The van der Waals surface area contributed by atoms with Crippen LogP contribution in [0, 0.1) is 17.8 Å². The van der Waals surface area contributed by atoms with Gasteiger partial charge in [-0.1, -0.05) is 25.5 Å². The molecule has 20 heavy (non-hydrogen) atoms. The van der Waals surface area contributed by atoms with E-state index in [0.717, 1.165) is 24.4 Å². The van der Waals surface area contributed by atoms with Crippen LogP contribution in [0.4, 0.5) is 0 Å². The first-order chi connectivity index (χ1) is 9.83. The van der Waals surface area contributed by atoms with Crippen molar-refractivity contribution in [1.82, 2.24) is 0 Å². The summed E-state index contributed by atoms with van der Waals surface area (Å²) in [6, 6.07) is 0. The molecule has 0 aromatic heterocycles. The van der Waals surface area contributed by atoms with Crippen LogP contribution in [-0.2, 0) is 4.74 Å². The molecule has 0 unspecified atom stereocenters. The fourth-order valence-corrected chi connectivity index (χ4v) is 4.23. The van der Waals surface area contributed by atoms with Gasteiger partial charge in [-0.05, 0) is 82.5 Å². The minimum Gasteiger partial charge on any atom is -0.379 e. The van der Waals surface area contributed by atoms with Gasteiger partial charge in [0, 0.05) is 6.61 Å². The maximum atomic E-state index is 5.78. The largest absolute Gasteiger partial charge is 0.379 e. The number of ether oxygens (including phenoxy) is 1. The van der Waals surface area contributed by atoms with Crippen molar-refractivity contribution in [3.05, 3.63) is 12.2 Å². The molecule has 0 atom stereocenters. The van der Waals surface area contributed by atoms with E-state index in [1.165, 1.54) is 64.2 Å². The van der Waals surface area contributed by atoms with Gasteiger partial charge >= 0.3 is 0 Å². The van der Waals surface area contributed by atoms with E-state index in [4.69, 9.17) is 4.74 Å². The third kappa shape index (κ3) is 4.91. The minimum absolute atomic E-state index is 0.574. The molecule has 0 amide bonds. The van der Waals surface area contributed by atoms with Crippen LogP contribution in [0.25, 0.3) is 0 Å². The Morgan fingerprint density at radius 2 is 1.45 bits per heavy atom. The van der Waals surface area contributed by atoms with Gasteiger partial charge in [-0.25, -0.2) is 0 Å². The highest BCUT2D eigenvalue weighted by Gasteiger charge is 2.30. The zero-order valence-electron chi connectivity index (χ0n) is 13.7. The summed E-state index contributed by atoms with van der Waals surface area (Å²) in [4.78, 5) is 0. The Morgan fingerprint density at radius 3 is 2.00 bits per heavy atom. The van der Waals surface area contributed by atoms with Gasteiger partial charge in [-0.2, -0.15) is 0 Å². The van der Waals surface area contributed by atoms with Crippen LogP contribution in [0.15, 0.2) is 12.2 Å². The topological polar surface area (TPSA) is 9.23 Å². The van der Waals surface area contributed by atoms with Gasteiger partial charge < -0.3 is 4.74 Å². The molecule has 0 N–H and O–H groups in total. The van der Waals surface area contributed by atoms with Crippen molar-refractivity contribution in [2.24, 2.45) is 17.8 Å². The van der Waals surface area contributed by atoms with E-state index in [-0.39, 0.29) is 0 Å². The summed E-state index contributed by atoms with van der Waals surface area (Å²) < 4.78 is 5.78. The first kappa shape index (κ1) is 16.1. The third-order valence-electron chi connectivity index (χ3n) is 5.47. The molecule has 1 nitrogen and oxygen atoms in total. The number of hydrogen-bond acceptors (Lipinski definition) is 1. The maximum Gasteiger partial charge on any atom is 0.0575 e. The lowest BCUT2D eigenvalue weighted by molar-refractivity contribution is 0.0142. The second-order valence-electron chi connectivity index (χ2n) is 6.88. The van der Waals surface area contributed by atoms with Crippen molar-refractivity contribution in [1.29, 1.82) is 0 Å². The maximum absolute atomic E-state index is 5.78. The monoisotopic (exact) mass is 278 g/mol. The molecule has 0 aliphatic heterocycles. The Morgan fingerprint density at radius 1 is 0.850 bits per heavy atom. The van der Waals surface area contributed by atoms with Crippen LogP contribution < -0.4 is 0 Å². The Balaban J connectivity index is 1.67. The van der Waals surface area contributed by atoms with Crippen molar-refractivity contribution in [2.75, 3.05) is 6.61 Å². The zero-order chi connectivity index (χ0) is 14.2. The molecule has 2 aliphatic rings. The average molecular weight is 278 g/mol. The molecule has 0 aromatic rings. The Kier molecular flexibility index (Phi) is 7.13. The van der Waals surface area contributed by atoms with Crippen LogP contribution in [0.5, 0.6) is 0 Å². The van der Waals surface area contributed by atoms with E-state index in [9.17, 15) is 0 Å². The molecule has 0 spiro atoms. The summed E-state index contributed by atoms with van der Waals surface area (Å²) in [6.45, 7) is 5.28. The van der Waals surface area contributed by atoms with E-state index in [1.807, 2.05) is 0 Å². The molecule has 116 valence electrons. The second kappa shape index (κ2) is 8.87. The van der Waals surface area contributed by atoms with Crippen molar-refractivity contribution >= 4 is 0 Å². The molecule has 0 saturated heterocycles. The van der Waals surface area contributed by atoms with Crippen molar-refractivity contribution in [2.45, 2.75) is 84.2 Å². The summed E-state index contributed by atoms with van der Waals surface area (Å²) in [7, 11) is 0. The van der Waals surface area contributed by atoms with E-state index >= 15 is 0 Å². The van der Waals surface area contributed by atoms with Gasteiger partial charge in [0.1, 0.15) is 0 Å². The third-order valence-corrected chi connectivity index (χ3v) is 5.47. The van der Waals surface area contributed by atoms with E-state index in [2.05, 4.69) is 26.0 Å². The standard InChI is InChI=1S/C19H34O/c1-3-5-6-7-16-8-10-17(11-9-16)18-12-14-19(15-13-18)20-4-2/h6-7,16-19H,3-5,8-15H2,1-2H3/b7-6+/t16-,17-,18?,19?. The van der Waals surface area contributed by atoms with Gasteiger partial charge in [0.05, 0.1) is 6.10 Å². The van der Waals surface area contributed by atoms with Crippen molar-refractivity contribution < 1.29 is 4.74 Å². The number of unbranched alkanes of at least 4 members (excludes halogenated alkanes) is 1. The van der Waals surface area contributed by atoms with Gasteiger partial charge in [0.15, 0.2) is 0 Å². The van der Waals surface area contributed by atoms with Crippen LogP contribution >= 0.6 is 0 Å². The fourth-order valence-electron chi connectivity index (χ4n) is 4.23. The molecule has 0 bridgehead atoms. The molecular weight excluding hydrogens is 244 g/mol. The van der Waals surface area contributed by atoms with Gasteiger partial charge in [-0.15, -0.1) is 0 Å². The molecule has 2 aliphatic carbocycles. The van der Waals surface area contributed by atoms with Gasteiger partial charge in [0.2, 0.25) is 0 Å². The van der Waals surface area contributed by atoms with Gasteiger partial charge in [0.25, 0.3) is 0 Å². The highest BCUT2D eigenvalue weighted by molar-refractivity contribution is 4.92. The van der Waals surface area contributed by atoms with Crippen molar-refractivity contribution in [3.63, 3.8) is 0 Å². The van der Waals surface area contributed by atoms with Crippen LogP contribution in [-0.4, -0.2) is 12.7 Å². The smallest absolute Gasteiger partial charge is 0.0575 e. The molecule has 2 fully saturated rings. The SMILES string of the molecule is CCC/C=C/[C@H]1CC[C@H](C2CCC(OCC)CC2)CC1. The Labute approximate surface area is 126 Å². The molecule has 0 heterocycles. The van der Waals surface area contributed by atoms with Crippen LogP contribution in [0.2, 0.25) is 0 Å². The first-order valence-electron chi connectivity index (χ1n) is 9.11. The van der Waals surface area contributed by atoms with Crippen LogP contribution in [0.1, 0.15) is 78.1 Å².